The number of hydrogen-bond donors (Lipinski definition) is 2. The molecular weight excluding hydrogens is 180 g/mol. The summed E-state index contributed by atoms with van der Waals surface area (Å²) in [6.45, 7) is 0.160. The van der Waals surface area contributed by atoms with Gasteiger partial charge in [-0.2, -0.15) is 0 Å². The first-order valence-electron chi connectivity index (χ1n) is 5.16. The zero-order valence-corrected chi connectivity index (χ0v) is 8.41. The first kappa shape index (κ1) is 11.2. The van der Waals surface area contributed by atoms with Crippen LogP contribution in [0.3, 0.4) is 0 Å². The molecule has 0 aromatic rings. The Morgan fingerprint density at radius 1 is 1.36 bits per heavy atom. The van der Waals surface area contributed by atoms with E-state index in [-0.39, 0.29) is 18.4 Å². The van der Waals surface area contributed by atoms with Crippen molar-refractivity contribution in [3.63, 3.8) is 0 Å². The number of hydrogen-bond acceptors (Lipinski definition) is 2. The number of aliphatic hydroxyl groups excluding tert-OH is 1. The van der Waals surface area contributed by atoms with Gasteiger partial charge in [0.1, 0.15) is 0 Å². The number of carbonyl (C=O) groups is 1. The monoisotopic (exact) mass is 198 g/mol. The molecule has 0 amide bonds. The van der Waals surface area contributed by atoms with Crippen LogP contribution in [0.15, 0.2) is 12.2 Å². The number of aliphatic carboxylic acids is 1. The molecule has 3 heteroatoms. The fourth-order valence-corrected chi connectivity index (χ4v) is 2.13. The lowest BCUT2D eigenvalue weighted by atomic mass is 9.71. The summed E-state index contributed by atoms with van der Waals surface area (Å²) in [6.07, 6.45) is 8.82. The van der Waals surface area contributed by atoms with Gasteiger partial charge in [-0.15, -0.1) is 0 Å². The third-order valence-electron chi connectivity index (χ3n) is 3.07. The van der Waals surface area contributed by atoms with Gasteiger partial charge in [-0.1, -0.05) is 12.2 Å². The number of allylic oxidation sites excluding steroid dienone is 2. The van der Waals surface area contributed by atoms with E-state index >= 15 is 0 Å². The van der Waals surface area contributed by atoms with Gasteiger partial charge in [0.2, 0.25) is 0 Å². The lowest BCUT2D eigenvalue weighted by Crippen LogP contribution is -2.24. The summed E-state index contributed by atoms with van der Waals surface area (Å²) in [7, 11) is 0. The van der Waals surface area contributed by atoms with E-state index in [2.05, 4.69) is 12.2 Å². The number of rotatable bonds is 5. The molecule has 0 fully saturated rings. The molecule has 80 valence electrons. The van der Waals surface area contributed by atoms with Crippen LogP contribution in [0.25, 0.3) is 0 Å². The molecule has 14 heavy (non-hydrogen) atoms. The van der Waals surface area contributed by atoms with Crippen molar-refractivity contribution in [2.24, 2.45) is 5.41 Å². The second-order valence-corrected chi connectivity index (χ2v) is 4.08. The zero-order valence-electron chi connectivity index (χ0n) is 8.41. The lowest BCUT2D eigenvalue weighted by Gasteiger charge is -2.34. The smallest absolute Gasteiger partial charge is 0.303 e. The molecule has 2 N–H and O–H groups in total. The van der Waals surface area contributed by atoms with Crippen molar-refractivity contribution in [2.75, 3.05) is 6.61 Å². The minimum atomic E-state index is -0.739. The first-order chi connectivity index (χ1) is 6.68. The highest BCUT2D eigenvalue weighted by molar-refractivity contribution is 5.66. The molecule has 0 saturated carbocycles. The van der Waals surface area contributed by atoms with Crippen LogP contribution >= 0.6 is 0 Å². The molecule has 0 aromatic heterocycles. The fourth-order valence-electron chi connectivity index (χ4n) is 2.13. The minimum Gasteiger partial charge on any atom is -0.481 e. The van der Waals surface area contributed by atoms with Gasteiger partial charge in [0, 0.05) is 13.0 Å². The van der Waals surface area contributed by atoms with E-state index < -0.39 is 5.97 Å². The van der Waals surface area contributed by atoms with Crippen molar-refractivity contribution < 1.29 is 15.0 Å². The summed E-state index contributed by atoms with van der Waals surface area (Å²) in [6, 6.07) is 0. The number of aliphatic hydroxyl groups is 1. The van der Waals surface area contributed by atoms with Gasteiger partial charge in [0.25, 0.3) is 0 Å². The van der Waals surface area contributed by atoms with Gasteiger partial charge in [0.15, 0.2) is 0 Å². The second-order valence-electron chi connectivity index (χ2n) is 4.08. The van der Waals surface area contributed by atoms with Crippen LogP contribution < -0.4 is 0 Å². The van der Waals surface area contributed by atoms with E-state index in [9.17, 15) is 4.79 Å². The molecule has 0 aliphatic heterocycles. The molecule has 0 spiro atoms. The summed E-state index contributed by atoms with van der Waals surface area (Å²) < 4.78 is 0. The van der Waals surface area contributed by atoms with Crippen LogP contribution in [-0.2, 0) is 4.79 Å². The average Bonchev–Trinajstić information content (AvgIpc) is 2.17. The summed E-state index contributed by atoms with van der Waals surface area (Å²) in [5.41, 5.74) is 0.0435. The molecular formula is C11H18O3. The van der Waals surface area contributed by atoms with Crippen molar-refractivity contribution in [3.8, 4) is 0 Å². The highest BCUT2D eigenvalue weighted by atomic mass is 16.4. The topological polar surface area (TPSA) is 57.5 Å². The van der Waals surface area contributed by atoms with E-state index in [0.717, 1.165) is 25.7 Å². The predicted octanol–water partition coefficient (Wildman–Crippen LogP) is 1.96. The van der Waals surface area contributed by atoms with Crippen LogP contribution in [0.4, 0.5) is 0 Å². The Hall–Kier alpha value is -0.830. The van der Waals surface area contributed by atoms with Gasteiger partial charge >= 0.3 is 5.97 Å². The van der Waals surface area contributed by atoms with Crippen LogP contribution in [0.2, 0.25) is 0 Å². The average molecular weight is 198 g/mol. The Morgan fingerprint density at radius 2 is 2.14 bits per heavy atom. The molecule has 0 aromatic carbocycles. The highest BCUT2D eigenvalue weighted by Gasteiger charge is 2.29. The van der Waals surface area contributed by atoms with E-state index in [1.54, 1.807) is 0 Å². The van der Waals surface area contributed by atoms with Gasteiger partial charge in [0.05, 0.1) is 0 Å². The molecule has 3 nitrogen and oxygen atoms in total. The largest absolute Gasteiger partial charge is 0.481 e. The molecule has 1 atom stereocenters. The van der Waals surface area contributed by atoms with Crippen LogP contribution in [-0.4, -0.2) is 22.8 Å². The van der Waals surface area contributed by atoms with Crippen molar-refractivity contribution in [2.45, 2.75) is 38.5 Å². The van der Waals surface area contributed by atoms with Gasteiger partial charge in [-0.05, 0) is 37.5 Å². The summed E-state index contributed by atoms with van der Waals surface area (Å²) in [5.74, 6) is -0.739. The van der Waals surface area contributed by atoms with E-state index in [1.165, 1.54) is 0 Å². The maximum atomic E-state index is 10.5. The summed E-state index contributed by atoms with van der Waals surface area (Å²) in [4.78, 5) is 10.5. The van der Waals surface area contributed by atoms with Crippen molar-refractivity contribution >= 4 is 5.97 Å². The molecule has 0 bridgehead atoms. The molecule has 0 saturated heterocycles. The van der Waals surface area contributed by atoms with E-state index in [0.29, 0.717) is 6.42 Å². The van der Waals surface area contributed by atoms with Crippen LogP contribution in [0.1, 0.15) is 38.5 Å². The second kappa shape index (κ2) is 5.15. The lowest BCUT2D eigenvalue weighted by molar-refractivity contribution is -0.137. The maximum Gasteiger partial charge on any atom is 0.303 e. The minimum absolute atomic E-state index is 0.0435. The normalized spacial score (nSPS) is 26.4. The van der Waals surface area contributed by atoms with Gasteiger partial charge < -0.3 is 10.2 Å². The standard InChI is InChI=1S/C11H18O3/c12-9-8-11(7-4-10(13)14)5-2-1-3-6-11/h1-2,12H,3-9H2,(H,13,14)/t11-/m0/s1. The highest BCUT2D eigenvalue weighted by Crippen LogP contribution is 2.40. The van der Waals surface area contributed by atoms with Crippen LogP contribution in [0, 0.1) is 5.41 Å². The Kier molecular flexibility index (Phi) is 4.14. The molecule has 0 heterocycles. The van der Waals surface area contributed by atoms with Crippen LogP contribution in [0.5, 0.6) is 0 Å². The van der Waals surface area contributed by atoms with Crippen molar-refractivity contribution in [1.82, 2.24) is 0 Å². The Morgan fingerprint density at radius 3 is 2.64 bits per heavy atom. The summed E-state index contributed by atoms with van der Waals surface area (Å²) in [5, 5.41) is 17.6. The molecule has 1 aliphatic carbocycles. The zero-order chi connectivity index (χ0) is 10.4. The van der Waals surface area contributed by atoms with Crippen molar-refractivity contribution in [3.05, 3.63) is 12.2 Å². The number of carboxylic acids is 1. The van der Waals surface area contributed by atoms with E-state index in [4.69, 9.17) is 10.2 Å². The van der Waals surface area contributed by atoms with E-state index in [1.807, 2.05) is 0 Å². The summed E-state index contributed by atoms with van der Waals surface area (Å²) >= 11 is 0. The van der Waals surface area contributed by atoms with Crippen molar-refractivity contribution in [1.29, 1.82) is 0 Å². The Labute approximate surface area is 84.4 Å². The first-order valence-corrected chi connectivity index (χ1v) is 5.16. The predicted molar refractivity (Wildman–Crippen MR) is 54.0 cm³/mol. The third kappa shape index (κ3) is 3.14. The molecule has 1 rings (SSSR count). The quantitative estimate of drug-likeness (QED) is 0.664. The number of carboxylic acid groups (broad SMARTS) is 1. The Balaban J connectivity index is 2.52. The Bertz CT molecular complexity index is 223. The maximum absolute atomic E-state index is 10.5. The fraction of sp³-hybridized carbons (Fsp3) is 0.727. The van der Waals surface area contributed by atoms with Gasteiger partial charge in [-0.3, -0.25) is 4.79 Å². The third-order valence-corrected chi connectivity index (χ3v) is 3.07. The SMILES string of the molecule is O=C(O)CC[C@]1(CCO)CC=CCC1. The van der Waals surface area contributed by atoms with Gasteiger partial charge in [-0.25, -0.2) is 0 Å². The molecule has 0 radical (unpaired) electrons. The molecule has 0 unspecified atom stereocenters. The molecule has 1 aliphatic rings.